The summed E-state index contributed by atoms with van der Waals surface area (Å²) >= 11 is 1.48. The standard InChI is InChI=1S/C21H19N3S/c1-3-16-6-4-5-7-19(16)23-13-18(12-22)21-24-20(14-25-21)17-10-8-15(2)9-11-17/h4-11,13-14,23H,3H2,1-2H3/b18-13+. The monoisotopic (exact) mass is 345 g/mol. The van der Waals surface area contributed by atoms with E-state index < -0.39 is 0 Å². The van der Waals surface area contributed by atoms with Crippen molar-refractivity contribution >= 4 is 22.6 Å². The lowest BCUT2D eigenvalue weighted by Crippen LogP contribution is -1.95. The van der Waals surface area contributed by atoms with E-state index in [4.69, 9.17) is 0 Å². The van der Waals surface area contributed by atoms with Gasteiger partial charge in [-0.2, -0.15) is 5.26 Å². The van der Waals surface area contributed by atoms with Gasteiger partial charge in [-0.3, -0.25) is 0 Å². The van der Waals surface area contributed by atoms with Crippen LogP contribution in [0.2, 0.25) is 0 Å². The fourth-order valence-electron chi connectivity index (χ4n) is 2.52. The van der Waals surface area contributed by atoms with Crippen molar-refractivity contribution < 1.29 is 0 Å². The molecule has 1 heterocycles. The van der Waals surface area contributed by atoms with Crippen LogP contribution in [0.5, 0.6) is 0 Å². The van der Waals surface area contributed by atoms with Crippen molar-refractivity contribution in [2.45, 2.75) is 20.3 Å². The highest BCUT2D eigenvalue weighted by molar-refractivity contribution is 7.11. The zero-order valence-corrected chi connectivity index (χ0v) is 15.1. The van der Waals surface area contributed by atoms with Crippen LogP contribution < -0.4 is 5.32 Å². The number of para-hydroxylation sites is 1. The van der Waals surface area contributed by atoms with Crippen molar-refractivity contribution in [2.24, 2.45) is 0 Å². The molecule has 0 radical (unpaired) electrons. The number of anilines is 1. The summed E-state index contributed by atoms with van der Waals surface area (Å²) in [4.78, 5) is 4.62. The topological polar surface area (TPSA) is 48.7 Å². The average Bonchev–Trinajstić information content (AvgIpc) is 3.13. The first-order valence-electron chi connectivity index (χ1n) is 8.19. The van der Waals surface area contributed by atoms with Crippen LogP contribution in [0.1, 0.15) is 23.1 Å². The molecule has 0 atom stereocenters. The Balaban J connectivity index is 1.84. The summed E-state index contributed by atoms with van der Waals surface area (Å²) in [5.74, 6) is 0. The first-order valence-corrected chi connectivity index (χ1v) is 9.07. The molecule has 0 aliphatic heterocycles. The number of allylic oxidation sites excluding steroid dienone is 1. The minimum Gasteiger partial charge on any atom is -0.360 e. The molecule has 0 amide bonds. The lowest BCUT2D eigenvalue weighted by molar-refractivity contribution is 1.14. The molecule has 0 saturated heterocycles. The van der Waals surface area contributed by atoms with E-state index in [1.165, 1.54) is 22.5 Å². The molecule has 2 aromatic carbocycles. The molecule has 0 spiro atoms. The van der Waals surface area contributed by atoms with E-state index in [0.29, 0.717) is 5.57 Å². The molecule has 0 aliphatic carbocycles. The molecule has 4 heteroatoms. The Labute approximate surface area is 152 Å². The third-order valence-electron chi connectivity index (χ3n) is 3.97. The van der Waals surface area contributed by atoms with Crippen molar-refractivity contribution in [1.82, 2.24) is 4.98 Å². The van der Waals surface area contributed by atoms with Crippen LogP contribution >= 0.6 is 11.3 Å². The number of rotatable bonds is 5. The second-order valence-corrected chi connectivity index (χ2v) is 6.59. The van der Waals surface area contributed by atoms with Crippen LogP contribution in [0, 0.1) is 18.3 Å². The van der Waals surface area contributed by atoms with Crippen molar-refractivity contribution in [3.05, 3.63) is 76.2 Å². The van der Waals surface area contributed by atoms with Crippen molar-refractivity contribution in [1.29, 1.82) is 5.26 Å². The van der Waals surface area contributed by atoms with Gasteiger partial charge in [0.15, 0.2) is 0 Å². The molecule has 0 bridgehead atoms. The first-order chi connectivity index (χ1) is 12.2. The number of aryl methyl sites for hydroxylation is 2. The Kier molecular flexibility index (Phi) is 5.27. The van der Waals surface area contributed by atoms with Gasteiger partial charge >= 0.3 is 0 Å². The fraction of sp³-hybridized carbons (Fsp3) is 0.143. The highest BCUT2D eigenvalue weighted by Gasteiger charge is 2.09. The summed E-state index contributed by atoms with van der Waals surface area (Å²) in [6.07, 6.45) is 2.68. The van der Waals surface area contributed by atoms with Gasteiger partial charge in [-0.25, -0.2) is 4.98 Å². The van der Waals surface area contributed by atoms with Gasteiger partial charge in [0.25, 0.3) is 0 Å². The van der Waals surface area contributed by atoms with Crippen LogP contribution in [0.3, 0.4) is 0 Å². The summed E-state index contributed by atoms with van der Waals surface area (Å²) < 4.78 is 0. The van der Waals surface area contributed by atoms with Crippen LogP contribution in [0.4, 0.5) is 5.69 Å². The van der Waals surface area contributed by atoms with Gasteiger partial charge in [0, 0.05) is 22.8 Å². The number of nitrogens with zero attached hydrogens (tertiary/aromatic N) is 2. The Hall–Kier alpha value is -2.90. The molecular weight excluding hydrogens is 326 g/mol. The van der Waals surface area contributed by atoms with E-state index in [0.717, 1.165) is 28.4 Å². The molecule has 3 rings (SSSR count). The Morgan fingerprint density at radius 3 is 2.68 bits per heavy atom. The summed E-state index contributed by atoms with van der Waals surface area (Å²) in [6, 6.07) is 18.6. The number of benzene rings is 2. The summed E-state index contributed by atoms with van der Waals surface area (Å²) in [7, 11) is 0. The SMILES string of the molecule is CCc1ccccc1N/C=C(\C#N)c1nc(-c2ccc(C)cc2)cs1. The smallest absolute Gasteiger partial charge is 0.136 e. The van der Waals surface area contributed by atoms with Gasteiger partial charge in [0.2, 0.25) is 0 Å². The Bertz CT molecular complexity index is 930. The van der Waals surface area contributed by atoms with Crippen molar-refractivity contribution in [3.63, 3.8) is 0 Å². The minimum absolute atomic E-state index is 0.536. The molecule has 0 unspecified atom stereocenters. The van der Waals surface area contributed by atoms with Gasteiger partial charge in [-0.15, -0.1) is 11.3 Å². The Morgan fingerprint density at radius 2 is 1.96 bits per heavy atom. The number of hydrogen-bond donors (Lipinski definition) is 1. The number of hydrogen-bond acceptors (Lipinski definition) is 4. The quantitative estimate of drug-likeness (QED) is 0.607. The molecule has 3 nitrogen and oxygen atoms in total. The lowest BCUT2D eigenvalue weighted by atomic mass is 10.1. The van der Waals surface area contributed by atoms with E-state index >= 15 is 0 Å². The van der Waals surface area contributed by atoms with Crippen LogP contribution in [0.25, 0.3) is 16.8 Å². The molecule has 25 heavy (non-hydrogen) atoms. The molecule has 1 N–H and O–H groups in total. The fourth-order valence-corrected chi connectivity index (χ4v) is 3.31. The van der Waals surface area contributed by atoms with Crippen molar-refractivity contribution in [3.8, 4) is 17.3 Å². The average molecular weight is 345 g/mol. The number of aromatic nitrogens is 1. The van der Waals surface area contributed by atoms with Crippen LogP contribution in [-0.4, -0.2) is 4.98 Å². The van der Waals surface area contributed by atoms with Crippen LogP contribution in [-0.2, 0) is 6.42 Å². The van der Waals surface area contributed by atoms with Gasteiger partial charge in [-0.05, 0) is 25.0 Å². The predicted octanol–water partition coefficient (Wildman–Crippen LogP) is 5.66. The van der Waals surface area contributed by atoms with E-state index in [2.05, 4.69) is 60.5 Å². The second-order valence-electron chi connectivity index (χ2n) is 5.73. The largest absolute Gasteiger partial charge is 0.360 e. The van der Waals surface area contributed by atoms with Crippen LogP contribution in [0.15, 0.2) is 60.1 Å². The summed E-state index contributed by atoms with van der Waals surface area (Å²) in [5, 5.41) is 15.5. The van der Waals surface area contributed by atoms with E-state index in [1.807, 2.05) is 23.6 Å². The zero-order valence-electron chi connectivity index (χ0n) is 14.3. The lowest BCUT2D eigenvalue weighted by Gasteiger charge is -2.07. The predicted molar refractivity (Wildman–Crippen MR) is 105 cm³/mol. The van der Waals surface area contributed by atoms with Gasteiger partial charge in [-0.1, -0.05) is 55.0 Å². The first kappa shape index (κ1) is 16.9. The molecule has 1 aromatic heterocycles. The molecular formula is C21H19N3S. The number of thiazole rings is 1. The second kappa shape index (κ2) is 7.78. The summed E-state index contributed by atoms with van der Waals surface area (Å²) in [6.45, 7) is 4.18. The molecule has 0 saturated carbocycles. The maximum absolute atomic E-state index is 9.51. The normalized spacial score (nSPS) is 11.2. The highest BCUT2D eigenvalue weighted by atomic mass is 32.1. The highest BCUT2D eigenvalue weighted by Crippen LogP contribution is 2.26. The maximum Gasteiger partial charge on any atom is 0.136 e. The minimum atomic E-state index is 0.536. The molecule has 124 valence electrons. The third kappa shape index (κ3) is 3.96. The Morgan fingerprint density at radius 1 is 1.20 bits per heavy atom. The van der Waals surface area contributed by atoms with E-state index in [-0.39, 0.29) is 0 Å². The zero-order chi connectivity index (χ0) is 17.6. The molecule has 0 fully saturated rings. The van der Waals surface area contributed by atoms with Gasteiger partial charge in [0.05, 0.1) is 5.69 Å². The van der Waals surface area contributed by atoms with Gasteiger partial charge < -0.3 is 5.32 Å². The van der Waals surface area contributed by atoms with E-state index in [9.17, 15) is 5.26 Å². The maximum atomic E-state index is 9.51. The number of nitrogens with one attached hydrogen (secondary N) is 1. The van der Waals surface area contributed by atoms with Gasteiger partial charge in [0.1, 0.15) is 16.6 Å². The van der Waals surface area contributed by atoms with Crippen molar-refractivity contribution in [2.75, 3.05) is 5.32 Å². The van der Waals surface area contributed by atoms with E-state index in [1.54, 1.807) is 6.20 Å². The number of nitriles is 1. The molecule has 3 aromatic rings. The summed E-state index contributed by atoms with van der Waals surface area (Å²) in [5.41, 5.74) is 5.96. The molecule has 0 aliphatic rings. The third-order valence-corrected chi connectivity index (χ3v) is 4.85.